The van der Waals surface area contributed by atoms with Gasteiger partial charge in [0.25, 0.3) is 0 Å². The zero-order chi connectivity index (χ0) is 14.1. The van der Waals surface area contributed by atoms with Crippen molar-refractivity contribution in [2.24, 2.45) is 0 Å². The van der Waals surface area contributed by atoms with Crippen molar-refractivity contribution in [3.05, 3.63) is 23.3 Å². The quantitative estimate of drug-likeness (QED) is 0.873. The molecule has 0 radical (unpaired) electrons. The minimum absolute atomic E-state index is 0.0705. The van der Waals surface area contributed by atoms with E-state index >= 15 is 0 Å². The Bertz CT molecular complexity index is 553. The van der Waals surface area contributed by atoms with Crippen molar-refractivity contribution in [1.82, 2.24) is 4.72 Å². The molecule has 102 valence electrons. The summed E-state index contributed by atoms with van der Waals surface area (Å²) < 4.78 is 63.6. The summed E-state index contributed by atoms with van der Waals surface area (Å²) in [6.45, 7) is 1.37. The first-order valence-electron chi connectivity index (χ1n) is 4.83. The van der Waals surface area contributed by atoms with E-state index in [2.05, 4.69) is 4.72 Å². The largest absolute Gasteiger partial charge is 0.417 e. The molecule has 0 saturated heterocycles. The normalized spacial score (nSPS) is 12.8. The predicted octanol–water partition coefficient (Wildman–Crippen LogP) is 2.64. The fraction of sp³-hybridized carbons (Fsp3) is 0.400. The molecular weight excluding hydrogens is 287 g/mol. The Hall–Kier alpha value is -0.730. The summed E-state index contributed by atoms with van der Waals surface area (Å²) in [4.78, 5) is -0.207. The van der Waals surface area contributed by atoms with Gasteiger partial charge in [-0.2, -0.15) is 13.2 Å². The van der Waals surface area contributed by atoms with Gasteiger partial charge in [-0.05, 0) is 37.9 Å². The van der Waals surface area contributed by atoms with Crippen molar-refractivity contribution < 1.29 is 21.6 Å². The number of halogens is 3. The van der Waals surface area contributed by atoms with Gasteiger partial charge in [-0.25, -0.2) is 13.1 Å². The van der Waals surface area contributed by atoms with Gasteiger partial charge in [0.1, 0.15) is 0 Å². The van der Waals surface area contributed by atoms with Crippen molar-refractivity contribution in [2.75, 3.05) is 13.3 Å². The summed E-state index contributed by atoms with van der Waals surface area (Å²) in [5.74, 6) is 0. The Morgan fingerprint density at radius 2 is 1.83 bits per heavy atom. The van der Waals surface area contributed by atoms with E-state index in [9.17, 15) is 21.6 Å². The number of thioether (sulfide) groups is 1. The zero-order valence-electron chi connectivity index (χ0n) is 9.92. The molecular formula is C10H12F3NO2S2. The third-order valence-corrected chi connectivity index (χ3v) is 4.92. The van der Waals surface area contributed by atoms with E-state index in [0.29, 0.717) is 0 Å². The van der Waals surface area contributed by atoms with Gasteiger partial charge in [-0.1, -0.05) is 0 Å². The van der Waals surface area contributed by atoms with Gasteiger partial charge in [0.05, 0.1) is 10.5 Å². The maximum atomic E-state index is 12.7. The molecule has 0 amide bonds. The first-order chi connectivity index (χ1) is 8.15. The van der Waals surface area contributed by atoms with E-state index in [1.807, 2.05) is 0 Å². The average molecular weight is 299 g/mol. The molecule has 0 bridgehead atoms. The van der Waals surface area contributed by atoms with Crippen LogP contribution in [0.25, 0.3) is 0 Å². The Kier molecular flexibility index (Phi) is 4.34. The standard InChI is InChI=1S/C10H12F3NO2S2/c1-6-8(18(15,16)14-2)5-4-7(9(6)17-3)10(11,12)13/h4-5,14H,1-3H3. The molecule has 0 aliphatic carbocycles. The van der Waals surface area contributed by atoms with Crippen LogP contribution < -0.4 is 4.72 Å². The van der Waals surface area contributed by atoms with Gasteiger partial charge >= 0.3 is 6.18 Å². The lowest BCUT2D eigenvalue weighted by Gasteiger charge is -2.16. The van der Waals surface area contributed by atoms with E-state index in [-0.39, 0.29) is 15.4 Å². The molecule has 1 rings (SSSR count). The fourth-order valence-electron chi connectivity index (χ4n) is 1.56. The number of benzene rings is 1. The fourth-order valence-corrected chi connectivity index (χ4v) is 3.42. The van der Waals surface area contributed by atoms with Crippen LogP contribution in [0.4, 0.5) is 13.2 Å². The first-order valence-corrected chi connectivity index (χ1v) is 7.54. The number of alkyl halides is 3. The van der Waals surface area contributed by atoms with Crippen LogP contribution in [-0.4, -0.2) is 21.7 Å². The number of hydrogen-bond donors (Lipinski definition) is 1. The molecule has 1 N–H and O–H groups in total. The molecule has 0 aliphatic rings. The molecule has 0 heterocycles. The lowest BCUT2D eigenvalue weighted by Crippen LogP contribution is -2.20. The summed E-state index contributed by atoms with van der Waals surface area (Å²) in [7, 11) is -2.54. The van der Waals surface area contributed by atoms with Crippen LogP contribution in [0.5, 0.6) is 0 Å². The van der Waals surface area contributed by atoms with E-state index in [1.165, 1.54) is 20.2 Å². The third kappa shape index (κ3) is 2.81. The third-order valence-electron chi connectivity index (χ3n) is 2.42. The maximum absolute atomic E-state index is 12.7. The smallest absolute Gasteiger partial charge is 0.214 e. The zero-order valence-corrected chi connectivity index (χ0v) is 11.6. The van der Waals surface area contributed by atoms with Crippen LogP contribution in [0.3, 0.4) is 0 Å². The van der Waals surface area contributed by atoms with E-state index in [4.69, 9.17) is 0 Å². The number of nitrogens with one attached hydrogen (secondary N) is 1. The molecule has 0 spiro atoms. The van der Waals surface area contributed by atoms with Gasteiger partial charge in [-0.15, -0.1) is 11.8 Å². The van der Waals surface area contributed by atoms with Crippen LogP contribution in [0.2, 0.25) is 0 Å². The van der Waals surface area contributed by atoms with E-state index in [1.54, 1.807) is 0 Å². The summed E-state index contributed by atoms with van der Waals surface area (Å²) >= 11 is 0.877. The minimum atomic E-state index is -4.50. The van der Waals surface area contributed by atoms with Crippen molar-refractivity contribution in [2.45, 2.75) is 22.9 Å². The molecule has 0 aliphatic heterocycles. The second-order valence-corrected chi connectivity index (χ2v) is 6.15. The highest BCUT2D eigenvalue weighted by atomic mass is 32.2. The molecule has 8 heteroatoms. The Labute approximate surface area is 108 Å². The van der Waals surface area contributed by atoms with E-state index < -0.39 is 21.8 Å². The van der Waals surface area contributed by atoms with Gasteiger partial charge < -0.3 is 0 Å². The van der Waals surface area contributed by atoms with Crippen LogP contribution >= 0.6 is 11.8 Å². The Balaban J connectivity index is 3.58. The van der Waals surface area contributed by atoms with Crippen LogP contribution in [0, 0.1) is 6.92 Å². The molecule has 0 unspecified atom stereocenters. The second-order valence-electron chi connectivity index (χ2n) is 3.47. The lowest BCUT2D eigenvalue weighted by molar-refractivity contribution is -0.139. The molecule has 0 aromatic heterocycles. The number of sulfonamides is 1. The maximum Gasteiger partial charge on any atom is 0.417 e. The number of hydrogen-bond acceptors (Lipinski definition) is 3. The highest BCUT2D eigenvalue weighted by Gasteiger charge is 2.35. The Morgan fingerprint density at radius 3 is 2.22 bits per heavy atom. The van der Waals surface area contributed by atoms with E-state index in [0.717, 1.165) is 23.9 Å². The SMILES string of the molecule is CNS(=O)(=O)c1ccc(C(F)(F)F)c(SC)c1C. The highest BCUT2D eigenvalue weighted by Crippen LogP contribution is 2.39. The molecule has 1 aromatic carbocycles. The van der Waals surface area contributed by atoms with Gasteiger partial charge in [0.2, 0.25) is 10.0 Å². The molecule has 0 saturated carbocycles. The van der Waals surface area contributed by atoms with Crippen LogP contribution in [0.15, 0.2) is 21.9 Å². The average Bonchev–Trinajstić information content (AvgIpc) is 2.26. The van der Waals surface area contributed by atoms with Crippen molar-refractivity contribution in [3.8, 4) is 0 Å². The first kappa shape index (κ1) is 15.3. The molecule has 18 heavy (non-hydrogen) atoms. The molecule has 1 aromatic rings. The van der Waals surface area contributed by atoms with Gasteiger partial charge in [0, 0.05) is 4.90 Å². The van der Waals surface area contributed by atoms with Crippen molar-refractivity contribution >= 4 is 21.8 Å². The summed E-state index contributed by atoms with van der Waals surface area (Å²) in [5, 5.41) is 0. The number of rotatable bonds is 3. The summed E-state index contributed by atoms with van der Waals surface area (Å²) in [5.41, 5.74) is -0.714. The minimum Gasteiger partial charge on any atom is -0.214 e. The highest BCUT2D eigenvalue weighted by molar-refractivity contribution is 7.98. The molecule has 3 nitrogen and oxygen atoms in total. The topological polar surface area (TPSA) is 46.2 Å². The monoisotopic (exact) mass is 299 g/mol. The van der Waals surface area contributed by atoms with Crippen LogP contribution in [0.1, 0.15) is 11.1 Å². The Morgan fingerprint density at radius 1 is 1.28 bits per heavy atom. The summed E-state index contributed by atoms with van der Waals surface area (Å²) in [6, 6.07) is 1.77. The molecule has 0 fully saturated rings. The molecule has 0 atom stereocenters. The predicted molar refractivity (Wildman–Crippen MR) is 64.2 cm³/mol. The second kappa shape index (κ2) is 5.10. The van der Waals surface area contributed by atoms with Crippen LogP contribution in [-0.2, 0) is 16.2 Å². The van der Waals surface area contributed by atoms with Gasteiger partial charge in [0.15, 0.2) is 0 Å². The van der Waals surface area contributed by atoms with Crippen molar-refractivity contribution in [3.63, 3.8) is 0 Å². The summed E-state index contributed by atoms with van der Waals surface area (Å²) in [6.07, 6.45) is -3.02. The van der Waals surface area contributed by atoms with Crippen molar-refractivity contribution in [1.29, 1.82) is 0 Å². The van der Waals surface area contributed by atoms with Gasteiger partial charge in [-0.3, -0.25) is 0 Å². The lowest BCUT2D eigenvalue weighted by atomic mass is 10.1.